The number of nitrogens with one attached hydrogen (secondary N) is 2. The van der Waals surface area contributed by atoms with E-state index < -0.39 is 47.0 Å². The number of hydrogen-bond donors (Lipinski definition) is 2. The molecule has 2 unspecified atom stereocenters. The molecular weight excluding hydrogens is 583 g/mol. The van der Waals surface area contributed by atoms with Crippen LogP contribution in [0.5, 0.6) is 0 Å². The monoisotopic (exact) mass is 619 g/mol. The summed E-state index contributed by atoms with van der Waals surface area (Å²) in [6.07, 6.45) is 6.45. The maximum Gasteiger partial charge on any atom is 0.492 e. The summed E-state index contributed by atoms with van der Waals surface area (Å²) in [5.74, 6) is 0. The Morgan fingerprint density at radius 1 is 0.897 bits per heavy atom. The molecule has 3 rings (SSSR count). The molecule has 2 heterocycles. The van der Waals surface area contributed by atoms with E-state index in [1.54, 1.807) is 0 Å². The Hall–Kier alpha value is -0.990. The minimum Gasteiger partial charge on any atom is -0.352 e. The Morgan fingerprint density at radius 2 is 1.51 bits per heavy atom. The number of ether oxygens (including phenoxy) is 1. The van der Waals surface area contributed by atoms with E-state index in [0.717, 1.165) is 54.1 Å². The Labute approximate surface area is 225 Å². The predicted octanol–water partition coefficient (Wildman–Crippen LogP) is 3.60. The molecule has 0 radical (unpaired) electrons. The lowest BCUT2D eigenvalue weighted by atomic mass is 9.95. The van der Waals surface area contributed by atoms with Crippen molar-refractivity contribution < 1.29 is 49.7 Å². The van der Waals surface area contributed by atoms with Crippen LogP contribution in [0, 0.1) is 0 Å². The summed E-state index contributed by atoms with van der Waals surface area (Å²) < 4.78 is 78.3. The van der Waals surface area contributed by atoms with Crippen LogP contribution in [-0.2, 0) is 56.2 Å². The molecule has 1 aromatic rings. The third kappa shape index (κ3) is 9.00. The lowest BCUT2D eigenvalue weighted by Crippen LogP contribution is -2.37. The maximum atomic E-state index is 12.9. The van der Waals surface area contributed by atoms with Crippen molar-refractivity contribution in [2.24, 2.45) is 0 Å². The first kappa shape index (κ1) is 32.5. The highest BCUT2D eigenvalue weighted by Gasteiger charge is 2.46. The quantitative estimate of drug-likeness (QED) is 0.271. The zero-order valence-electron chi connectivity index (χ0n) is 22.3. The Balaban J connectivity index is 1.61. The Kier molecular flexibility index (Phi) is 11.9. The van der Waals surface area contributed by atoms with Gasteiger partial charge in [-0.15, -0.1) is 0 Å². The largest absolute Gasteiger partial charge is 0.492 e. The summed E-state index contributed by atoms with van der Waals surface area (Å²) in [6, 6.07) is 0.330. The molecule has 224 valence electrons. The molecule has 0 bridgehead atoms. The average Bonchev–Trinajstić information content (AvgIpc) is 3.41. The Morgan fingerprint density at radius 3 is 2.13 bits per heavy atom. The number of H-pyrrole nitrogens is 1. The molecule has 2 fully saturated rings. The van der Waals surface area contributed by atoms with E-state index in [9.17, 15) is 23.3 Å². The van der Waals surface area contributed by atoms with Crippen LogP contribution in [0.2, 0.25) is 0 Å². The van der Waals surface area contributed by atoms with Gasteiger partial charge in [-0.25, -0.2) is 18.5 Å². The number of hydrogen-bond acceptors (Lipinski definition) is 14. The van der Waals surface area contributed by atoms with Crippen molar-refractivity contribution in [1.29, 1.82) is 0 Å². The van der Waals surface area contributed by atoms with Crippen LogP contribution in [0.4, 0.5) is 0 Å². The van der Waals surface area contributed by atoms with Crippen LogP contribution in [0.15, 0.2) is 15.8 Å². The molecule has 16 nitrogen and oxygen atoms in total. The molecule has 4 atom stereocenters. The van der Waals surface area contributed by atoms with Crippen LogP contribution in [0.25, 0.3) is 0 Å². The fraction of sp³-hybridized carbons (Fsp3) is 0.800. The molecule has 0 amide bonds. The SMILES string of the molecule is COP(=O)(OC)OP(=O)(OC)OP(=O)(OC)OC[C@@H]1CC[C@H](n2cc(CNC3CCCCC3)c(=O)[nH]c2=O)O1. The highest BCUT2D eigenvalue weighted by atomic mass is 31.3. The van der Waals surface area contributed by atoms with Crippen molar-refractivity contribution in [3.05, 3.63) is 32.6 Å². The normalized spacial score (nSPS) is 23.9. The zero-order chi connectivity index (χ0) is 28.7. The van der Waals surface area contributed by atoms with Gasteiger partial charge >= 0.3 is 29.2 Å². The fourth-order valence-corrected chi connectivity index (χ4v) is 8.67. The lowest BCUT2D eigenvalue weighted by molar-refractivity contribution is -0.0253. The standard InChI is InChI=1S/C20H36N3O13P3/c1-29-37(26,30-2)35-39(28,32-4)36-38(27,31-3)33-14-17-10-11-18(34-17)23-13-15(19(24)22-20(23)25)12-21-16-8-6-5-7-9-16/h13,16-18,21H,5-12,14H2,1-4H3,(H,22,24,25)/t17-,18+,38?,39?/m0/s1. The van der Waals surface area contributed by atoms with Gasteiger partial charge in [-0.1, -0.05) is 19.3 Å². The van der Waals surface area contributed by atoms with E-state index in [-0.39, 0.29) is 6.61 Å². The van der Waals surface area contributed by atoms with Gasteiger partial charge in [-0.05, 0) is 25.7 Å². The first-order valence-electron chi connectivity index (χ1n) is 12.3. The minimum atomic E-state index is -4.80. The minimum absolute atomic E-state index is 0.314. The molecular formula is C20H36N3O13P3. The second kappa shape index (κ2) is 14.3. The average molecular weight is 619 g/mol. The van der Waals surface area contributed by atoms with Gasteiger partial charge in [0.25, 0.3) is 5.56 Å². The highest BCUT2D eigenvalue weighted by Crippen LogP contribution is 2.72. The van der Waals surface area contributed by atoms with Crippen molar-refractivity contribution in [3.63, 3.8) is 0 Å². The third-order valence-corrected chi connectivity index (χ3v) is 11.8. The van der Waals surface area contributed by atoms with E-state index in [0.29, 0.717) is 31.0 Å². The van der Waals surface area contributed by atoms with Crippen molar-refractivity contribution in [2.45, 2.75) is 69.9 Å². The van der Waals surface area contributed by atoms with Crippen LogP contribution in [-0.4, -0.2) is 56.7 Å². The molecule has 1 aliphatic heterocycles. The first-order valence-corrected chi connectivity index (χ1v) is 16.7. The van der Waals surface area contributed by atoms with E-state index in [4.69, 9.17) is 22.4 Å². The topological polar surface area (TPSA) is 192 Å². The second-order valence-corrected chi connectivity index (χ2v) is 14.6. The van der Waals surface area contributed by atoms with Gasteiger partial charge in [-0.3, -0.25) is 37.0 Å². The van der Waals surface area contributed by atoms with Crippen LogP contribution in [0.1, 0.15) is 56.7 Å². The van der Waals surface area contributed by atoms with Gasteiger partial charge in [0.05, 0.1) is 12.7 Å². The summed E-state index contributed by atoms with van der Waals surface area (Å²) in [6.45, 7) is -0.0413. The van der Waals surface area contributed by atoms with Gasteiger partial charge in [0, 0.05) is 52.8 Å². The van der Waals surface area contributed by atoms with E-state index in [1.807, 2.05) is 0 Å². The molecule has 1 aromatic heterocycles. The third-order valence-electron chi connectivity index (χ3n) is 6.34. The number of phosphoric acid groups is 3. The number of rotatable bonds is 15. The number of nitrogens with zero attached hydrogens (tertiary/aromatic N) is 1. The van der Waals surface area contributed by atoms with Crippen molar-refractivity contribution >= 4 is 23.5 Å². The zero-order valence-corrected chi connectivity index (χ0v) is 25.0. The molecule has 2 N–H and O–H groups in total. The van der Waals surface area contributed by atoms with Gasteiger partial charge < -0.3 is 10.1 Å². The molecule has 1 aliphatic carbocycles. The van der Waals surface area contributed by atoms with Crippen molar-refractivity contribution in [2.75, 3.05) is 35.0 Å². The van der Waals surface area contributed by atoms with Gasteiger partial charge in [0.15, 0.2) is 0 Å². The lowest BCUT2D eigenvalue weighted by Gasteiger charge is -2.24. The summed E-state index contributed by atoms with van der Waals surface area (Å²) in [7, 11) is -9.95. The smallest absolute Gasteiger partial charge is 0.352 e. The maximum absolute atomic E-state index is 12.9. The number of phosphoric ester groups is 2. The van der Waals surface area contributed by atoms with E-state index >= 15 is 0 Å². The van der Waals surface area contributed by atoms with Crippen LogP contribution >= 0.6 is 23.5 Å². The summed E-state index contributed by atoms with van der Waals surface area (Å²) in [4.78, 5) is 27.2. The molecule has 39 heavy (non-hydrogen) atoms. The fourth-order valence-electron chi connectivity index (χ4n) is 4.19. The molecule has 0 spiro atoms. The van der Waals surface area contributed by atoms with Crippen LogP contribution < -0.4 is 16.6 Å². The van der Waals surface area contributed by atoms with Gasteiger partial charge in [-0.2, -0.15) is 8.62 Å². The first-order chi connectivity index (χ1) is 18.5. The highest BCUT2D eigenvalue weighted by molar-refractivity contribution is 7.67. The number of aromatic amines is 1. The van der Waals surface area contributed by atoms with E-state index in [1.165, 1.54) is 17.2 Å². The summed E-state index contributed by atoms with van der Waals surface area (Å²) >= 11 is 0. The van der Waals surface area contributed by atoms with Crippen LogP contribution in [0.3, 0.4) is 0 Å². The molecule has 1 saturated carbocycles. The van der Waals surface area contributed by atoms with E-state index in [2.05, 4.69) is 23.9 Å². The Bertz CT molecular complexity index is 1210. The second-order valence-electron chi connectivity index (χ2n) is 8.86. The summed E-state index contributed by atoms with van der Waals surface area (Å²) in [5, 5.41) is 3.38. The van der Waals surface area contributed by atoms with Gasteiger partial charge in [0.2, 0.25) is 0 Å². The molecule has 1 saturated heterocycles. The van der Waals surface area contributed by atoms with Crippen molar-refractivity contribution in [1.82, 2.24) is 14.9 Å². The van der Waals surface area contributed by atoms with Crippen molar-refractivity contribution in [3.8, 4) is 0 Å². The summed E-state index contributed by atoms with van der Waals surface area (Å²) in [5.41, 5.74) is -0.690. The predicted molar refractivity (Wildman–Crippen MR) is 137 cm³/mol. The molecule has 0 aromatic carbocycles. The van der Waals surface area contributed by atoms with Gasteiger partial charge in [0.1, 0.15) is 6.23 Å². The number of aromatic nitrogens is 2. The molecule has 2 aliphatic rings. The molecule has 19 heteroatoms.